The molecule has 5 nitrogen and oxygen atoms in total. The molecule has 24 heavy (non-hydrogen) atoms. The molecular formula is C13H9Cl6N3O2. The fourth-order valence-corrected chi connectivity index (χ4v) is 2.09. The highest BCUT2D eigenvalue weighted by atomic mass is 35.6. The van der Waals surface area contributed by atoms with Gasteiger partial charge in [-0.1, -0.05) is 69.6 Å². The van der Waals surface area contributed by atoms with E-state index in [0.717, 1.165) is 0 Å². The third-order valence-corrected chi connectivity index (χ3v) is 3.61. The van der Waals surface area contributed by atoms with Gasteiger partial charge in [-0.25, -0.2) is 15.0 Å². The minimum atomic E-state index is -1.90. The molecule has 0 aliphatic rings. The Hall–Kier alpha value is -0.270. The number of aromatic nitrogens is 3. The molecule has 2 aromatic rings. The van der Waals surface area contributed by atoms with Crippen LogP contribution in [0, 0.1) is 0 Å². The number of ether oxygens (including phenoxy) is 2. The topological polar surface area (TPSA) is 57.1 Å². The van der Waals surface area contributed by atoms with E-state index in [2.05, 4.69) is 15.0 Å². The maximum Gasteiger partial charge on any atom is 0.250 e. The van der Waals surface area contributed by atoms with Crippen LogP contribution in [0.1, 0.15) is 11.6 Å². The molecule has 0 fully saturated rings. The number of alkyl halides is 6. The second-order valence-electron chi connectivity index (χ2n) is 4.38. The monoisotopic (exact) mass is 449 g/mol. The van der Waals surface area contributed by atoms with E-state index in [0.29, 0.717) is 11.3 Å². The van der Waals surface area contributed by atoms with Crippen LogP contribution in [0.15, 0.2) is 24.3 Å². The Morgan fingerprint density at radius 2 is 1.33 bits per heavy atom. The van der Waals surface area contributed by atoms with Crippen molar-refractivity contribution >= 4 is 69.6 Å². The smallest absolute Gasteiger partial charge is 0.250 e. The summed E-state index contributed by atoms with van der Waals surface area (Å²) in [5.41, 5.74) is 0.591. The molecule has 0 saturated heterocycles. The van der Waals surface area contributed by atoms with Gasteiger partial charge in [0.15, 0.2) is 24.3 Å². The average Bonchev–Trinajstić information content (AvgIpc) is 2.51. The molecule has 0 aliphatic carbocycles. The molecule has 0 unspecified atom stereocenters. The first kappa shape index (κ1) is 20.0. The zero-order valence-corrected chi connectivity index (χ0v) is 16.5. The van der Waals surface area contributed by atoms with Gasteiger partial charge in [-0.3, -0.25) is 0 Å². The lowest BCUT2D eigenvalue weighted by Gasteiger charge is -2.15. The number of methoxy groups -OCH3 is 1. The van der Waals surface area contributed by atoms with Crippen LogP contribution in [0.4, 0.5) is 0 Å². The molecule has 0 spiro atoms. The summed E-state index contributed by atoms with van der Waals surface area (Å²) in [6, 6.07) is 6.79. The van der Waals surface area contributed by atoms with Crippen molar-refractivity contribution < 1.29 is 9.47 Å². The van der Waals surface area contributed by atoms with Crippen LogP contribution in [-0.4, -0.2) is 28.9 Å². The lowest BCUT2D eigenvalue weighted by atomic mass is 10.2. The van der Waals surface area contributed by atoms with E-state index in [-0.39, 0.29) is 24.3 Å². The third kappa shape index (κ3) is 5.36. The van der Waals surface area contributed by atoms with Crippen molar-refractivity contribution in [2.45, 2.75) is 7.59 Å². The molecule has 2 rings (SSSR count). The number of benzene rings is 1. The summed E-state index contributed by atoms with van der Waals surface area (Å²) >= 11 is 35.0. The Morgan fingerprint density at radius 1 is 0.833 bits per heavy atom. The Labute approximate surface area is 168 Å². The minimum absolute atomic E-state index is 0.125. The summed E-state index contributed by atoms with van der Waals surface area (Å²) in [5.74, 6) is 0.473. The van der Waals surface area contributed by atoms with Crippen molar-refractivity contribution in [2.75, 3.05) is 13.9 Å². The van der Waals surface area contributed by atoms with Gasteiger partial charge >= 0.3 is 0 Å². The van der Waals surface area contributed by atoms with Gasteiger partial charge in [-0.05, 0) is 24.3 Å². The second kappa shape index (κ2) is 7.96. The molecule has 130 valence electrons. The minimum Gasteiger partial charge on any atom is -0.468 e. The lowest BCUT2D eigenvalue weighted by Crippen LogP contribution is -2.16. The van der Waals surface area contributed by atoms with Crippen LogP contribution in [0.2, 0.25) is 0 Å². The average molecular weight is 452 g/mol. The highest BCUT2D eigenvalue weighted by Crippen LogP contribution is 2.40. The van der Waals surface area contributed by atoms with E-state index in [1.807, 2.05) is 0 Å². The van der Waals surface area contributed by atoms with Gasteiger partial charge in [-0.2, -0.15) is 0 Å². The molecule has 1 heterocycles. The maximum atomic E-state index is 5.84. The molecular weight excluding hydrogens is 443 g/mol. The number of halogens is 6. The van der Waals surface area contributed by atoms with Gasteiger partial charge in [0, 0.05) is 12.7 Å². The summed E-state index contributed by atoms with van der Waals surface area (Å²) in [7, 11) is 1.52. The normalized spacial score (nSPS) is 12.3. The van der Waals surface area contributed by atoms with Crippen LogP contribution in [-0.2, 0) is 12.3 Å². The molecule has 0 amide bonds. The highest BCUT2D eigenvalue weighted by molar-refractivity contribution is 6.67. The van der Waals surface area contributed by atoms with Crippen molar-refractivity contribution in [1.29, 1.82) is 0 Å². The maximum absolute atomic E-state index is 5.84. The Balaban J connectivity index is 2.45. The zero-order chi connectivity index (χ0) is 18.0. The van der Waals surface area contributed by atoms with E-state index in [9.17, 15) is 0 Å². The quantitative estimate of drug-likeness (QED) is 0.474. The van der Waals surface area contributed by atoms with Crippen LogP contribution < -0.4 is 4.74 Å². The van der Waals surface area contributed by atoms with Crippen molar-refractivity contribution in [3.05, 3.63) is 35.9 Å². The number of rotatable bonds is 4. The van der Waals surface area contributed by atoms with Crippen molar-refractivity contribution in [3.63, 3.8) is 0 Å². The Kier molecular flexibility index (Phi) is 6.65. The first-order valence-corrected chi connectivity index (χ1v) is 8.50. The molecule has 0 radical (unpaired) electrons. The van der Waals surface area contributed by atoms with Crippen LogP contribution in [0.5, 0.6) is 5.75 Å². The lowest BCUT2D eigenvalue weighted by molar-refractivity contribution is 0.0511. The molecule has 0 saturated carbocycles. The van der Waals surface area contributed by atoms with Crippen LogP contribution in [0.25, 0.3) is 11.4 Å². The van der Waals surface area contributed by atoms with Gasteiger partial charge in [0.1, 0.15) is 5.75 Å². The van der Waals surface area contributed by atoms with Gasteiger partial charge in [0.25, 0.3) is 0 Å². The number of hydrogen-bond donors (Lipinski definition) is 0. The van der Waals surface area contributed by atoms with Crippen molar-refractivity contribution in [1.82, 2.24) is 15.0 Å². The van der Waals surface area contributed by atoms with E-state index >= 15 is 0 Å². The van der Waals surface area contributed by atoms with E-state index in [1.54, 1.807) is 24.3 Å². The molecule has 11 heteroatoms. The SMILES string of the molecule is COCOc1ccc(-c2nc(C(Cl)(Cl)Cl)nc(C(Cl)(Cl)Cl)n2)cc1. The highest BCUT2D eigenvalue weighted by Gasteiger charge is 2.33. The van der Waals surface area contributed by atoms with Crippen LogP contribution >= 0.6 is 69.6 Å². The second-order valence-corrected chi connectivity index (χ2v) is 8.94. The predicted octanol–water partition coefficient (Wildman–Crippen LogP) is 5.17. The molecule has 1 aromatic carbocycles. The number of nitrogens with zero attached hydrogens (tertiary/aromatic N) is 3. The van der Waals surface area contributed by atoms with E-state index in [4.69, 9.17) is 79.1 Å². The zero-order valence-electron chi connectivity index (χ0n) is 11.9. The predicted molar refractivity (Wildman–Crippen MR) is 96.2 cm³/mol. The standard InChI is InChI=1S/C13H9Cl6N3O2/c1-23-6-24-8-4-2-7(3-5-8)9-20-10(12(14,15)16)22-11(21-9)13(17,18)19/h2-5H,6H2,1H3. The Bertz CT molecular complexity index is 668. The first-order chi connectivity index (χ1) is 11.1. The third-order valence-electron chi connectivity index (χ3n) is 2.60. The van der Waals surface area contributed by atoms with Gasteiger partial charge in [0.05, 0.1) is 0 Å². The van der Waals surface area contributed by atoms with E-state index < -0.39 is 7.59 Å². The van der Waals surface area contributed by atoms with Crippen molar-refractivity contribution in [3.8, 4) is 17.1 Å². The van der Waals surface area contributed by atoms with Gasteiger partial charge < -0.3 is 9.47 Å². The molecule has 0 atom stereocenters. The summed E-state index contributed by atoms with van der Waals surface area (Å²) in [5, 5.41) is 0. The molecule has 0 N–H and O–H groups in total. The molecule has 1 aromatic heterocycles. The Morgan fingerprint density at radius 3 is 1.75 bits per heavy atom. The fraction of sp³-hybridized carbons (Fsp3) is 0.308. The molecule has 0 aliphatic heterocycles. The van der Waals surface area contributed by atoms with E-state index in [1.165, 1.54) is 7.11 Å². The molecule has 0 bridgehead atoms. The summed E-state index contributed by atoms with van der Waals surface area (Å²) in [4.78, 5) is 12.1. The van der Waals surface area contributed by atoms with Gasteiger partial charge in [-0.15, -0.1) is 0 Å². The summed E-state index contributed by atoms with van der Waals surface area (Å²) in [6.45, 7) is 0.125. The largest absolute Gasteiger partial charge is 0.468 e. The van der Waals surface area contributed by atoms with Crippen molar-refractivity contribution in [2.24, 2.45) is 0 Å². The van der Waals surface area contributed by atoms with Gasteiger partial charge in [0.2, 0.25) is 7.59 Å². The summed E-state index contributed by atoms with van der Waals surface area (Å²) in [6.07, 6.45) is 0. The summed E-state index contributed by atoms with van der Waals surface area (Å²) < 4.78 is 6.33. The number of hydrogen-bond acceptors (Lipinski definition) is 5. The van der Waals surface area contributed by atoms with Crippen LogP contribution in [0.3, 0.4) is 0 Å². The first-order valence-electron chi connectivity index (χ1n) is 6.24. The fourth-order valence-electron chi connectivity index (χ4n) is 1.59.